The van der Waals surface area contributed by atoms with Gasteiger partial charge in [-0.05, 0) is 12.1 Å². The molecule has 0 radical (unpaired) electrons. The minimum Gasteiger partial charge on any atom is -0.387 e. The maximum Gasteiger partial charge on any atom is 0.324 e. The number of aliphatic hydroxyl groups excluding tert-OH is 2. The van der Waals surface area contributed by atoms with E-state index in [1.165, 1.54) is 24.3 Å². The molecule has 1 aliphatic rings. The van der Waals surface area contributed by atoms with Gasteiger partial charge < -0.3 is 30.9 Å². The first-order valence-electron chi connectivity index (χ1n) is 9.75. The molecule has 0 saturated carbocycles. The molecule has 0 bridgehead atoms. The molecule has 13 heteroatoms. The molecule has 168 valence electrons. The number of hydrogen-bond acceptors (Lipinski definition) is 8. The molecular weight excluding hydrogens is 420 g/mol. The van der Waals surface area contributed by atoms with Crippen LogP contribution in [0.2, 0.25) is 0 Å². The van der Waals surface area contributed by atoms with Gasteiger partial charge in [0.05, 0.1) is 6.33 Å². The molecule has 0 aliphatic carbocycles. The number of fused-ring (bicyclic) bond motifs is 1. The smallest absolute Gasteiger partial charge is 0.324 e. The van der Waals surface area contributed by atoms with Gasteiger partial charge >= 0.3 is 12.1 Å². The van der Waals surface area contributed by atoms with Gasteiger partial charge in [-0.15, -0.1) is 0 Å². The first-order chi connectivity index (χ1) is 15.5. The van der Waals surface area contributed by atoms with Crippen molar-refractivity contribution in [2.45, 2.75) is 24.5 Å². The van der Waals surface area contributed by atoms with Crippen molar-refractivity contribution < 1.29 is 24.5 Å². The molecule has 2 aromatic heterocycles. The number of aliphatic hydroxyl groups is 2. The first kappa shape index (κ1) is 21.4. The largest absolute Gasteiger partial charge is 0.387 e. The molecule has 1 saturated heterocycles. The summed E-state index contributed by atoms with van der Waals surface area (Å²) in [5, 5.41) is 31.0. The van der Waals surface area contributed by atoms with E-state index in [2.05, 4.69) is 36.2 Å². The van der Waals surface area contributed by atoms with Gasteiger partial charge in [0.1, 0.15) is 24.6 Å². The fraction of sp³-hybridized carbons (Fsp3) is 0.316. The highest BCUT2D eigenvalue weighted by atomic mass is 16.6. The summed E-state index contributed by atoms with van der Waals surface area (Å²) in [5.41, 5.74) is 1.16. The molecule has 4 amide bonds. The van der Waals surface area contributed by atoms with E-state index >= 15 is 0 Å². The van der Waals surface area contributed by atoms with E-state index in [1.807, 2.05) is 6.07 Å². The topological polar surface area (TPSA) is 176 Å². The maximum atomic E-state index is 12.3. The third-order valence-electron chi connectivity index (χ3n) is 4.92. The molecule has 0 spiro atoms. The summed E-state index contributed by atoms with van der Waals surface area (Å²) in [4.78, 5) is 36.2. The number of amides is 4. The van der Waals surface area contributed by atoms with Crippen LogP contribution in [0.15, 0.2) is 43.0 Å². The highest BCUT2D eigenvalue weighted by Gasteiger charge is 2.44. The van der Waals surface area contributed by atoms with Crippen molar-refractivity contribution in [3.05, 3.63) is 43.0 Å². The summed E-state index contributed by atoms with van der Waals surface area (Å²) in [6, 6.07) is 7.94. The van der Waals surface area contributed by atoms with Crippen LogP contribution >= 0.6 is 0 Å². The zero-order valence-corrected chi connectivity index (χ0v) is 17.0. The second-order valence-corrected chi connectivity index (χ2v) is 7.00. The number of nitrogens with one attached hydrogen (secondary N) is 4. The van der Waals surface area contributed by atoms with Gasteiger partial charge in [0, 0.05) is 19.3 Å². The second-order valence-electron chi connectivity index (χ2n) is 7.00. The summed E-state index contributed by atoms with van der Waals surface area (Å²) in [6.07, 6.45) is -1.79. The Morgan fingerprint density at radius 2 is 1.84 bits per heavy atom. The fourth-order valence-electron chi connectivity index (χ4n) is 3.33. The molecular formula is C19H22N8O5. The molecule has 1 aromatic carbocycles. The number of aromatic nitrogens is 4. The predicted molar refractivity (Wildman–Crippen MR) is 113 cm³/mol. The Labute approximate surface area is 181 Å². The molecule has 4 rings (SSSR count). The quantitative estimate of drug-likeness (QED) is 0.320. The van der Waals surface area contributed by atoms with E-state index in [9.17, 15) is 19.8 Å². The molecule has 32 heavy (non-hydrogen) atoms. The zero-order valence-electron chi connectivity index (χ0n) is 17.0. The zero-order chi connectivity index (χ0) is 22.7. The van der Waals surface area contributed by atoms with E-state index < -0.39 is 36.6 Å². The van der Waals surface area contributed by atoms with Crippen LogP contribution in [0.25, 0.3) is 11.2 Å². The van der Waals surface area contributed by atoms with Gasteiger partial charge in [0.2, 0.25) is 0 Å². The van der Waals surface area contributed by atoms with Gasteiger partial charge in [-0.25, -0.2) is 24.5 Å². The number of benzene rings is 1. The van der Waals surface area contributed by atoms with Crippen LogP contribution in [0.3, 0.4) is 0 Å². The Balaban J connectivity index is 1.51. The lowest BCUT2D eigenvalue weighted by atomic mass is 10.1. The van der Waals surface area contributed by atoms with Crippen molar-refractivity contribution in [3.63, 3.8) is 0 Å². The number of para-hydroxylation sites is 1. The lowest BCUT2D eigenvalue weighted by Gasteiger charge is -2.16. The molecule has 13 nitrogen and oxygen atoms in total. The standard InChI is InChI=1S/C19H22N8O5/c1-20-18(30)21-7-11-13(28)14(29)17(32-11)27-9-24-12-15(22-8-23-16(12)27)26-19(31)25-10-5-3-2-4-6-10/h2-6,8-9,11,13-14,17,28-29H,7H2,1H3,(H2,20,21,30)(H2,22,23,25,26,31). The molecule has 3 heterocycles. The molecule has 1 fully saturated rings. The van der Waals surface area contributed by atoms with Crippen LogP contribution in [0.5, 0.6) is 0 Å². The average molecular weight is 442 g/mol. The summed E-state index contributed by atoms with van der Waals surface area (Å²) >= 11 is 0. The number of urea groups is 2. The minimum atomic E-state index is -1.29. The maximum absolute atomic E-state index is 12.3. The van der Waals surface area contributed by atoms with Crippen LogP contribution in [0, 0.1) is 0 Å². The molecule has 4 unspecified atom stereocenters. The van der Waals surface area contributed by atoms with Crippen molar-refractivity contribution in [2.24, 2.45) is 0 Å². The molecule has 1 aliphatic heterocycles. The van der Waals surface area contributed by atoms with E-state index in [0.29, 0.717) is 5.69 Å². The number of anilines is 2. The van der Waals surface area contributed by atoms with E-state index in [4.69, 9.17) is 4.74 Å². The Morgan fingerprint density at radius 3 is 2.59 bits per heavy atom. The Kier molecular flexibility index (Phi) is 6.11. The third kappa shape index (κ3) is 4.30. The number of rotatable bonds is 5. The number of hydrogen-bond donors (Lipinski definition) is 6. The number of ether oxygens (including phenoxy) is 1. The van der Waals surface area contributed by atoms with Crippen LogP contribution in [-0.2, 0) is 4.74 Å². The molecule has 4 atom stereocenters. The number of imidazole rings is 1. The predicted octanol–water partition coefficient (Wildman–Crippen LogP) is 0.0185. The first-order valence-corrected chi connectivity index (χ1v) is 9.75. The van der Waals surface area contributed by atoms with Crippen molar-refractivity contribution in [1.29, 1.82) is 0 Å². The monoisotopic (exact) mass is 442 g/mol. The van der Waals surface area contributed by atoms with Crippen molar-refractivity contribution in [3.8, 4) is 0 Å². The van der Waals surface area contributed by atoms with E-state index in [-0.39, 0.29) is 23.5 Å². The lowest BCUT2D eigenvalue weighted by Crippen LogP contribution is -2.42. The second kappa shape index (κ2) is 9.13. The van der Waals surface area contributed by atoms with Gasteiger partial charge in [0.25, 0.3) is 0 Å². The van der Waals surface area contributed by atoms with Crippen LogP contribution in [0.1, 0.15) is 6.23 Å². The normalized spacial score (nSPS) is 22.5. The van der Waals surface area contributed by atoms with Gasteiger partial charge in [-0.3, -0.25) is 9.88 Å². The van der Waals surface area contributed by atoms with Crippen molar-refractivity contribution in [1.82, 2.24) is 30.2 Å². The third-order valence-corrected chi connectivity index (χ3v) is 4.92. The minimum absolute atomic E-state index is 0.0114. The number of carbonyl (C=O) groups excluding carboxylic acids is 2. The van der Waals surface area contributed by atoms with Gasteiger partial charge in [-0.1, -0.05) is 18.2 Å². The Hall–Kier alpha value is -3.81. The summed E-state index contributed by atoms with van der Waals surface area (Å²) in [5.74, 6) is 0.160. The average Bonchev–Trinajstić information content (AvgIpc) is 3.34. The Morgan fingerprint density at radius 1 is 1.06 bits per heavy atom. The summed E-state index contributed by atoms with van der Waals surface area (Å²) in [7, 11) is 1.46. The molecule has 6 N–H and O–H groups in total. The van der Waals surface area contributed by atoms with Crippen LogP contribution in [-0.4, -0.2) is 73.7 Å². The van der Waals surface area contributed by atoms with Gasteiger partial charge in [0.15, 0.2) is 23.2 Å². The molecule has 3 aromatic rings. The van der Waals surface area contributed by atoms with Crippen LogP contribution < -0.4 is 21.3 Å². The fourth-order valence-corrected chi connectivity index (χ4v) is 3.33. The van der Waals surface area contributed by atoms with Crippen molar-refractivity contribution in [2.75, 3.05) is 24.2 Å². The van der Waals surface area contributed by atoms with E-state index in [1.54, 1.807) is 24.3 Å². The van der Waals surface area contributed by atoms with Crippen LogP contribution in [0.4, 0.5) is 21.1 Å². The van der Waals surface area contributed by atoms with E-state index in [0.717, 1.165) is 0 Å². The summed E-state index contributed by atoms with van der Waals surface area (Å²) < 4.78 is 7.19. The lowest BCUT2D eigenvalue weighted by molar-refractivity contribution is -0.0335. The van der Waals surface area contributed by atoms with Gasteiger partial charge in [-0.2, -0.15) is 0 Å². The highest BCUT2D eigenvalue weighted by molar-refractivity contribution is 6.02. The Bertz CT molecular complexity index is 1110. The summed E-state index contributed by atoms with van der Waals surface area (Å²) in [6.45, 7) is -0.0114. The number of carbonyl (C=O) groups is 2. The highest BCUT2D eigenvalue weighted by Crippen LogP contribution is 2.32. The van der Waals surface area contributed by atoms with Crippen molar-refractivity contribution >= 4 is 34.7 Å². The SMILES string of the molecule is CNC(=O)NCC1OC(n2cnc3c(NC(=O)Nc4ccccc4)ncnc32)C(O)C1O. The number of nitrogens with zero attached hydrogens (tertiary/aromatic N) is 4.